The van der Waals surface area contributed by atoms with E-state index in [1.807, 2.05) is 0 Å². The lowest BCUT2D eigenvalue weighted by Gasteiger charge is -2.07. The molecule has 0 atom stereocenters. The van der Waals surface area contributed by atoms with Crippen LogP contribution in [0.15, 0.2) is 0 Å². The van der Waals surface area contributed by atoms with E-state index >= 15 is 0 Å². The molecule has 0 N–H and O–H groups in total. The summed E-state index contributed by atoms with van der Waals surface area (Å²) in [6, 6.07) is 0. The first-order chi connectivity index (χ1) is 14.1. The maximum atomic E-state index is 11.7. The Bertz CT molecular complexity index is 379. The summed E-state index contributed by atoms with van der Waals surface area (Å²) in [5.74, 6) is 0.0310. The number of unbranched alkanes of at least 4 members (excludes halogenated alkanes) is 12. The average Bonchev–Trinajstić information content (AvgIpc) is 2.69. The van der Waals surface area contributed by atoms with Gasteiger partial charge in [-0.15, -0.1) is 0 Å². The fraction of sp³-hybridized carbons (Fsp3) is 0.920. The highest BCUT2D eigenvalue weighted by Crippen LogP contribution is 2.12. The fourth-order valence-electron chi connectivity index (χ4n) is 3.33. The van der Waals surface area contributed by atoms with Crippen molar-refractivity contribution in [2.24, 2.45) is 5.92 Å². The van der Waals surface area contributed by atoms with Gasteiger partial charge in [0, 0.05) is 0 Å². The third kappa shape index (κ3) is 23.1. The molecule has 0 unspecified atom stereocenters. The minimum Gasteiger partial charge on any atom is -0.466 e. The second-order valence-corrected chi connectivity index (χ2v) is 8.72. The highest BCUT2D eigenvalue weighted by molar-refractivity contribution is 5.77. The van der Waals surface area contributed by atoms with Crippen LogP contribution in [0.25, 0.3) is 0 Å². The minimum absolute atomic E-state index is 0.124. The second kappa shape index (κ2) is 21.6. The van der Waals surface area contributed by atoms with Crippen LogP contribution in [0.2, 0.25) is 0 Å². The Hall–Kier alpha value is -1.06. The quantitative estimate of drug-likeness (QED) is 0.146. The molecule has 0 aromatic rings. The summed E-state index contributed by atoms with van der Waals surface area (Å²) in [5.41, 5.74) is 0. The SMILES string of the molecule is CCCCCCCCCCCCCCCOC(=O)CCC(=O)OCCCC(C)C. The Balaban J connectivity index is 3.28. The lowest BCUT2D eigenvalue weighted by atomic mass is 10.0. The van der Waals surface area contributed by atoms with Crippen molar-refractivity contribution >= 4 is 11.9 Å². The molecule has 0 aliphatic heterocycles. The van der Waals surface area contributed by atoms with E-state index in [9.17, 15) is 9.59 Å². The van der Waals surface area contributed by atoms with Crippen molar-refractivity contribution in [3.8, 4) is 0 Å². The number of hydrogen-bond acceptors (Lipinski definition) is 4. The molecule has 29 heavy (non-hydrogen) atoms. The number of hydrogen-bond donors (Lipinski definition) is 0. The Morgan fingerprint density at radius 2 is 0.966 bits per heavy atom. The molecule has 0 heterocycles. The van der Waals surface area contributed by atoms with Gasteiger partial charge in [0.05, 0.1) is 26.1 Å². The van der Waals surface area contributed by atoms with Crippen molar-refractivity contribution in [3.63, 3.8) is 0 Å². The summed E-state index contributed by atoms with van der Waals surface area (Å²) in [4.78, 5) is 23.2. The summed E-state index contributed by atoms with van der Waals surface area (Å²) in [6.45, 7) is 7.48. The van der Waals surface area contributed by atoms with E-state index in [0.717, 1.165) is 25.7 Å². The summed E-state index contributed by atoms with van der Waals surface area (Å²) in [5, 5.41) is 0. The Morgan fingerprint density at radius 3 is 1.38 bits per heavy atom. The van der Waals surface area contributed by atoms with Crippen molar-refractivity contribution in [1.82, 2.24) is 0 Å². The first kappa shape index (κ1) is 27.9. The van der Waals surface area contributed by atoms with Crippen LogP contribution in [0.1, 0.15) is 130 Å². The average molecular weight is 413 g/mol. The highest BCUT2D eigenvalue weighted by atomic mass is 16.5. The second-order valence-electron chi connectivity index (χ2n) is 8.72. The molecule has 0 spiro atoms. The van der Waals surface area contributed by atoms with Gasteiger partial charge in [0.1, 0.15) is 0 Å². The third-order valence-corrected chi connectivity index (χ3v) is 5.23. The summed E-state index contributed by atoms with van der Waals surface area (Å²) < 4.78 is 10.3. The van der Waals surface area contributed by atoms with Gasteiger partial charge >= 0.3 is 11.9 Å². The molecule has 4 heteroatoms. The van der Waals surface area contributed by atoms with Gasteiger partial charge in [-0.1, -0.05) is 97.8 Å². The van der Waals surface area contributed by atoms with Crippen molar-refractivity contribution in [2.45, 2.75) is 130 Å². The highest BCUT2D eigenvalue weighted by Gasteiger charge is 2.09. The zero-order valence-electron chi connectivity index (χ0n) is 19.6. The molecule has 0 fully saturated rings. The standard InChI is InChI=1S/C25H48O4/c1-4-5-6-7-8-9-10-11-12-13-14-15-16-21-28-24(26)19-20-25(27)29-22-17-18-23(2)3/h23H,4-22H2,1-3H3. The Kier molecular flexibility index (Phi) is 20.9. The molecule has 0 aromatic heterocycles. The van der Waals surface area contributed by atoms with Crippen molar-refractivity contribution in [1.29, 1.82) is 0 Å². The molecule has 0 radical (unpaired) electrons. The topological polar surface area (TPSA) is 52.6 Å². The van der Waals surface area contributed by atoms with E-state index in [0.29, 0.717) is 19.1 Å². The van der Waals surface area contributed by atoms with Crippen molar-refractivity contribution < 1.29 is 19.1 Å². The summed E-state index contributed by atoms with van der Waals surface area (Å²) in [6.07, 6.45) is 19.1. The molecule has 0 bridgehead atoms. The first-order valence-electron chi connectivity index (χ1n) is 12.4. The fourth-order valence-corrected chi connectivity index (χ4v) is 3.33. The van der Waals surface area contributed by atoms with Gasteiger partial charge in [0.2, 0.25) is 0 Å². The van der Waals surface area contributed by atoms with E-state index in [1.54, 1.807) is 0 Å². The van der Waals surface area contributed by atoms with Crippen LogP contribution < -0.4 is 0 Å². The molecular formula is C25H48O4. The molecule has 4 nitrogen and oxygen atoms in total. The first-order valence-corrected chi connectivity index (χ1v) is 12.4. The molecule has 0 aliphatic rings. The molecule has 0 saturated heterocycles. The largest absolute Gasteiger partial charge is 0.466 e. The van der Waals surface area contributed by atoms with Crippen LogP contribution in [0.4, 0.5) is 0 Å². The smallest absolute Gasteiger partial charge is 0.306 e. The Morgan fingerprint density at radius 1 is 0.586 bits per heavy atom. The van der Waals surface area contributed by atoms with E-state index in [4.69, 9.17) is 9.47 Å². The van der Waals surface area contributed by atoms with Gasteiger partial charge in [-0.05, 0) is 25.2 Å². The minimum atomic E-state index is -0.299. The van der Waals surface area contributed by atoms with Gasteiger partial charge < -0.3 is 9.47 Å². The molecule has 0 aromatic carbocycles. The zero-order chi connectivity index (χ0) is 21.6. The number of rotatable bonds is 21. The maximum Gasteiger partial charge on any atom is 0.306 e. The van der Waals surface area contributed by atoms with Crippen LogP contribution in [-0.4, -0.2) is 25.2 Å². The Labute approximate surface area is 180 Å². The van der Waals surface area contributed by atoms with Crippen LogP contribution in [0.3, 0.4) is 0 Å². The van der Waals surface area contributed by atoms with Crippen molar-refractivity contribution in [3.05, 3.63) is 0 Å². The van der Waals surface area contributed by atoms with Crippen molar-refractivity contribution in [2.75, 3.05) is 13.2 Å². The van der Waals surface area contributed by atoms with E-state index in [2.05, 4.69) is 20.8 Å². The lowest BCUT2D eigenvalue weighted by molar-refractivity contribution is -0.150. The van der Waals surface area contributed by atoms with Crippen LogP contribution in [0.5, 0.6) is 0 Å². The van der Waals surface area contributed by atoms with E-state index in [-0.39, 0.29) is 24.8 Å². The van der Waals surface area contributed by atoms with Gasteiger partial charge in [-0.3, -0.25) is 9.59 Å². The monoisotopic (exact) mass is 412 g/mol. The van der Waals surface area contributed by atoms with Gasteiger partial charge in [-0.25, -0.2) is 0 Å². The molecule has 172 valence electrons. The molecule has 0 amide bonds. The molecule has 0 aliphatic carbocycles. The number of esters is 2. The number of carbonyl (C=O) groups is 2. The van der Waals surface area contributed by atoms with E-state index < -0.39 is 0 Å². The van der Waals surface area contributed by atoms with Gasteiger partial charge in [0.15, 0.2) is 0 Å². The predicted molar refractivity (Wildman–Crippen MR) is 121 cm³/mol. The zero-order valence-corrected chi connectivity index (χ0v) is 19.6. The lowest BCUT2D eigenvalue weighted by Crippen LogP contribution is -2.11. The molecule has 0 rings (SSSR count). The van der Waals surface area contributed by atoms with Crippen LogP contribution in [-0.2, 0) is 19.1 Å². The molecule has 0 saturated carbocycles. The third-order valence-electron chi connectivity index (χ3n) is 5.23. The number of ether oxygens (including phenoxy) is 2. The maximum absolute atomic E-state index is 11.7. The number of carbonyl (C=O) groups excluding carboxylic acids is 2. The normalized spacial score (nSPS) is 11.0. The summed E-state index contributed by atoms with van der Waals surface area (Å²) in [7, 11) is 0. The van der Waals surface area contributed by atoms with E-state index in [1.165, 1.54) is 70.6 Å². The van der Waals surface area contributed by atoms with Gasteiger partial charge in [-0.2, -0.15) is 0 Å². The van der Waals surface area contributed by atoms with Crippen LogP contribution in [0, 0.1) is 5.92 Å². The van der Waals surface area contributed by atoms with Crippen LogP contribution >= 0.6 is 0 Å². The summed E-state index contributed by atoms with van der Waals surface area (Å²) >= 11 is 0. The predicted octanol–water partition coefficient (Wildman–Crippen LogP) is 7.38. The molecular weight excluding hydrogens is 364 g/mol. The van der Waals surface area contributed by atoms with Gasteiger partial charge in [0.25, 0.3) is 0 Å².